The molecule has 0 saturated heterocycles. The van der Waals surface area contributed by atoms with Gasteiger partial charge in [0.2, 0.25) is 0 Å². The zero-order valence-corrected chi connectivity index (χ0v) is 10.2. The highest BCUT2D eigenvalue weighted by Crippen LogP contribution is 2.25. The van der Waals surface area contributed by atoms with Gasteiger partial charge in [-0.1, -0.05) is 12.1 Å². The van der Waals surface area contributed by atoms with Crippen LogP contribution in [0.1, 0.15) is 17.5 Å². The molecule has 0 aromatic heterocycles. The van der Waals surface area contributed by atoms with Crippen LogP contribution in [-0.2, 0) is 17.8 Å². The average molecular weight is 250 g/mol. The maximum Gasteiger partial charge on any atom is 0.304 e. The molecular weight excluding hydrogens is 232 g/mol. The van der Waals surface area contributed by atoms with Gasteiger partial charge in [0, 0.05) is 25.6 Å². The fourth-order valence-corrected chi connectivity index (χ4v) is 2.05. The number of ether oxygens (including phenoxy) is 1. The van der Waals surface area contributed by atoms with Crippen molar-refractivity contribution in [2.24, 2.45) is 5.73 Å². The maximum atomic E-state index is 10.4. The molecule has 2 rings (SSSR count). The van der Waals surface area contributed by atoms with E-state index in [9.17, 15) is 4.79 Å². The Hall–Kier alpha value is -1.59. The molecule has 4 N–H and O–H groups in total. The van der Waals surface area contributed by atoms with E-state index in [4.69, 9.17) is 15.6 Å². The summed E-state index contributed by atoms with van der Waals surface area (Å²) < 4.78 is 5.43. The number of hydrogen-bond acceptors (Lipinski definition) is 4. The van der Waals surface area contributed by atoms with E-state index in [0.29, 0.717) is 13.1 Å². The molecule has 5 heteroatoms. The third-order valence-electron chi connectivity index (χ3n) is 2.93. The largest absolute Gasteiger partial charge is 0.493 e. The molecule has 1 heterocycles. The average Bonchev–Trinajstić information content (AvgIpc) is 2.75. The van der Waals surface area contributed by atoms with Crippen molar-refractivity contribution >= 4 is 5.97 Å². The van der Waals surface area contributed by atoms with Crippen LogP contribution in [0.5, 0.6) is 5.75 Å². The van der Waals surface area contributed by atoms with Gasteiger partial charge < -0.3 is 20.9 Å². The second kappa shape index (κ2) is 5.84. The highest BCUT2D eigenvalue weighted by molar-refractivity contribution is 5.67. The SMILES string of the molecule is NC(CNCc1ccc2c(c1)CCO2)CC(=O)O. The molecule has 1 aliphatic heterocycles. The van der Waals surface area contributed by atoms with Gasteiger partial charge in [0.1, 0.15) is 5.75 Å². The van der Waals surface area contributed by atoms with Crippen LogP contribution < -0.4 is 15.8 Å². The van der Waals surface area contributed by atoms with Crippen LogP contribution in [0.15, 0.2) is 18.2 Å². The lowest BCUT2D eigenvalue weighted by molar-refractivity contribution is -0.137. The first-order chi connectivity index (χ1) is 8.65. The predicted molar refractivity (Wildman–Crippen MR) is 67.6 cm³/mol. The van der Waals surface area contributed by atoms with Gasteiger partial charge in [-0.05, 0) is 17.2 Å². The summed E-state index contributed by atoms with van der Waals surface area (Å²) in [6, 6.07) is 5.77. The fourth-order valence-electron chi connectivity index (χ4n) is 2.05. The van der Waals surface area contributed by atoms with Crippen molar-refractivity contribution in [1.29, 1.82) is 0 Å². The molecule has 1 unspecified atom stereocenters. The first-order valence-electron chi connectivity index (χ1n) is 6.08. The minimum atomic E-state index is -0.862. The van der Waals surface area contributed by atoms with Crippen LogP contribution in [0.25, 0.3) is 0 Å². The van der Waals surface area contributed by atoms with Crippen molar-refractivity contribution in [1.82, 2.24) is 5.32 Å². The number of hydrogen-bond donors (Lipinski definition) is 3. The molecule has 98 valence electrons. The van der Waals surface area contributed by atoms with Crippen molar-refractivity contribution in [2.75, 3.05) is 13.2 Å². The van der Waals surface area contributed by atoms with E-state index < -0.39 is 5.97 Å². The molecular formula is C13H18N2O3. The van der Waals surface area contributed by atoms with E-state index in [1.165, 1.54) is 11.1 Å². The smallest absolute Gasteiger partial charge is 0.304 e. The van der Waals surface area contributed by atoms with Crippen molar-refractivity contribution in [3.63, 3.8) is 0 Å². The monoisotopic (exact) mass is 250 g/mol. The van der Waals surface area contributed by atoms with Gasteiger partial charge in [-0.3, -0.25) is 4.79 Å². The molecule has 1 aromatic carbocycles. The molecule has 0 bridgehead atoms. The van der Waals surface area contributed by atoms with E-state index in [0.717, 1.165) is 18.8 Å². The van der Waals surface area contributed by atoms with Crippen molar-refractivity contribution in [3.8, 4) is 5.75 Å². The van der Waals surface area contributed by atoms with Crippen LogP contribution in [0.3, 0.4) is 0 Å². The minimum absolute atomic E-state index is 0.00890. The van der Waals surface area contributed by atoms with Crippen molar-refractivity contribution < 1.29 is 14.6 Å². The first-order valence-corrected chi connectivity index (χ1v) is 6.08. The summed E-state index contributed by atoms with van der Waals surface area (Å²) in [6.07, 6.45) is 0.951. The van der Waals surface area contributed by atoms with Gasteiger partial charge in [-0.2, -0.15) is 0 Å². The summed E-state index contributed by atoms with van der Waals surface area (Å²) in [6.45, 7) is 1.95. The molecule has 0 spiro atoms. The highest BCUT2D eigenvalue weighted by Gasteiger charge is 2.12. The van der Waals surface area contributed by atoms with E-state index in [2.05, 4.69) is 11.4 Å². The summed E-state index contributed by atoms with van der Waals surface area (Å²) in [5.74, 6) is 0.111. The molecule has 0 saturated carbocycles. The second-order valence-electron chi connectivity index (χ2n) is 4.53. The molecule has 0 amide bonds. The Labute approximate surface area is 106 Å². The van der Waals surface area contributed by atoms with Crippen LogP contribution in [0.4, 0.5) is 0 Å². The third kappa shape index (κ3) is 3.45. The van der Waals surface area contributed by atoms with Gasteiger partial charge in [-0.25, -0.2) is 0 Å². The minimum Gasteiger partial charge on any atom is -0.493 e. The van der Waals surface area contributed by atoms with E-state index in [1.807, 2.05) is 12.1 Å². The molecule has 0 radical (unpaired) electrons. The number of carboxylic acids is 1. The Balaban J connectivity index is 1.78. The first kappa shape index (κ1) is 12.9. The molecule has 18 heavy (non-hydrogen) atoms. The quantitative estimate of drug-likeness (QED) is 0.685. The lowest BCUT2D eigenvalue weighted by atomic mass is 10.1. The Morgan fingerprint density at radius 3 is 3.17 bits per heavy atom. The van der Waals surface area contributed by atoms with E-state index in [1.54, 1.807) is 0 Å². The Kier molecular flexibility index (Phi) is 4.17. The van der Waals surface area contributed by atoms with Crippen LogP contribution >= 0.6 is 0 Å². The van der Waals surface area contributed by atoms with Crippen LogP contribution in [-0.4, -0.2) is 30.3 Å². The molecule has 1 aliphatic rings. The van der Waals surface area contributed by atoms with Gasteiger partial charge >= 0.3 is 5.97 Å². The highest BCUT2D eigenvalue weighted by atomic mass is 16.5. The Bertz CT molecular complexity index is 434. The van der Waals surface area contributed by atoms with Gasteiger partial charge in [0.25, 0.3) is 0 Å². The fraction of sp³-hybridized carbons (Fsp3) is 0.462. The molecule has 5 nitrogen and oxygen atoms in total. The Morgan fingerprint density at radius 2 is 2.39 bits per heavy atom. The zero-order chi connectivity index (χ0) is 13.0. The van der Waals surface area contributed by atoms with Crippen molar-refractivity contribution in [2.45, 2.75) is 25.4 Å². The summed E-state index contributed by atoms with van der Waals surface area (Å²) in [4.78, 5) is 10.4. The van der Waals surface area contributed by atoms with Crippen LogP contribution in [0, 0.1) is 0 Å². The van der Waals surface area contributed by atoms with Gasteiger partial charge in [-0.15, -0.1) is 0 Å². The lowest BCUT2D eigenvalue weighted by Gasteiger charge is -2.11. The van der Waals surface area contributed by atoms with Gasteiger partial charge in [0.05, 0.1) is 13.0 Å². The van der Waals surface area contributed by atoms with Crippen LogP contribution in [0.2, 0.25) is 0 Å². The maximum absolute atomic E-state index is 10.4. The third-order valence-corrected chi connectivity index (χ3v) is 2.93. The number of fused-ring (bicyclic) bond motifs is 1. The number of aliphatic carboxylic acids is 1. The topological polar surface area (TPSA) is 84.6 Å². The number of nitrogens with one attached hydrogen (secondary N) is 1. The Morgan fingerprint density at radius 1 is 1.56 bits per heavy atom. The summed E-state index contributed by atoms with van der Waals surface area (Å²) in [5, 5.41) is 11.8. The molecule has 0 fully saturated rings. The number of nitrogens with two attached hydrogens (primary N) is 1. The number of carbonyl (C=O) groups is 1. The summed E-state index contributed by atoms with van der Waals surface area (Å²) in [5.41, 5.74) is 8.07. The van der Waals surface area contributed by atoms with Crippen molar-refractivity contribution in [3.05, 3.63) is 29.3 Å². The second-order valence-corrected chi connectivity index (χ2v) is 4.53. The van der Waals surface area contributed by atoms with E-state index in [-0.39, 0.29) is 12.5 Å². The lowest BCUT2D eigenvalue weighted by Crippen LogP contribution is -2.35. The number of rotatable bonds is 6. The van der Waals surface area contributed by atoms with E-state index >= 15 is 0 Å². The normalized spacial score (nSPS) is 14.9. The molecule has 1 atom stereocenters. The summed E-state index contributed by atoms with van der Waals surface area (Å²) >= 11 is 0. The molecule has 0 aliphatic carbocycles. The zero-order valence-electron chi connectivity index (χ0n) is 10.2. The number of carboxylic acid groups (broad SMARTS) is 1. The number of benzene rings is 1. The predicted octanol–water partition coefficient (Wildman–Crippen LogP) is 0.513. The molecule has 1 aromatic rings. The standard InChI is InChI=1S/C13H18N2O3/c14-11(6-13(16)17)8-15-7-9-1-2-12-10(5-9)3-4-18-12/h1-2,5,11,15H,3-4,6-8,14H2,(H,16,17). The summed E-state index contributed by atoms with van der Waals surface area (Å²) in [7, 11) is 0. The van der Waals surface area contributed by atoms with Gasteiger partial charge in [0.15, 0.2) is 0 Å².